The Morgan fingerprint density at radius 3 is 2.46 bits per heavy atom. The van der Waals surface area contributed by atoms with Gasteiger partial charge in [0.2, 0.25) is 0 Å². The smallest absolute Gasteiger partial charge is 0.282 e. The third kappa shape index (κ3) is 4.43. The molecule has 146 valence electrons. The average molecular weight is 379 g/mol. The molecule has 28 heavy (non-hydrogen) atoms. The molecule has 0 fully saturated rings. The molecule has 3 rings (SSSR count). The quantitative estimate of drug-likeness (QED) is 0.664. The number of rotatable bonds is 7. The van der Waals surface area contributed by atoms with Gasteiger partial charge in [-0.3, -0.25) is 4.79 Å². The van der Waals surface area contributed by atoms with E-state index >= 15 is 0 Å². The molecule has 1 unspecified atom stereocenters. The van der Waals surface area contributed by atoms with E-state index in [1.54, 1.807) is 14.2 Å². The first-order valence-electron chi connectivity index (χ1n) is 9.34. The topological polar surface area (TPSA) is 52.0 Å². The van der Waals surface area contributed by atoms with Crippen LogP contribution in [0.25, 0.3) is 10.8 Å². The van der Waals surface area contributed by atoms with Crippen molar-refractivity contribution in [2.75, 3.05) is 26.6 Å². The molecular formula is C23H27N2O3+. The average Bonchev–Trinajstić information content (AvgIpc) is 2.73. The van der Waals surface area contributed by atoms with E-state index in [1.807, 2.05) is 50.4 Å². The molecule has 3 aromatic rings. The van der Waals surface area contributed by atoms with Gasteiger partial charge in [-0.25, -0.2) is 0 Å². The molecule has 0 heterocycles. The number of quaternary nitrogens is 1. The zero-order chi connectivity index (χ0) is 20.1. The van der Waals surface area contributed by atoms with Crippen LogP contribution in [0, 0.1) is 0 Å². The van der Waals surface area contributed by atoms with Crippen molar-refractivity contribution in [3.05, 3.63) is 66.2 Å². The van der Waals surface area contributed by atoms with Gasteiger partial charge in [-0.05, 0) is 48.0 Å². The highest BCUT2D eigenvalue weighted by molar-refractivity contribution is 5.95. The molecule has 0 aliphatic carbocycles. The molecule has 0 aliphatic rings. The highest BCUT2D eigenvalue weighted by Crippen LogP contribution is 2.23. The van der Waals surface area contributed by atoms with Crippen molar-refractivity contribution in [2.45, 2.75) is 19.5 Å². The lowest BCUT2D eigenvalue weighted by atomic mass is 10.1. The third-order valence-electron chi connectivity index (χ3n) is 5.09. The van der Waals surface area contributed by atoms with Gasteiger partial charge >= 0.3 is 0 Å². The number of hydrogen-bond donors (Lipinski definition) is 2. The van der Waals surface area contributed by atoms with Crippen molar-refractivity contribution in [1.29, 1.82) is 0 Å². The number of methoxy groups -OCH3 is 2. The second-order valence-corrected chi connectivity index (χ2v) is 6.98. The summed E-state index contributed by atoms with van der Waals surface area (Å²) in [5, 5.41) is 5.28. The monoisotopic (exact) mass is 379 g/mol. The Kier molecular flexibility index (Phi) is 6.16. The minimum absolute atomic E-state index is 0.0347. The van der Waals surface area contributed by atoms with Gasteiger partial charge in [0.15, 0.2) is 6.04 Å². The number of benzene rings is 3. The summed E-state index contributed by atoms with van der Waals surface area (Å²) < 4.78 is 10.6. The van der Waals surface area contributed by atoms with E-state index in [9.17, 15) is 4.79 Å². The van der Waals surface area contributed by atoms with E-state index in [2.05, 4.69) is 29.6 Å². The second-order valence-electron chi connectivity index (χ2n) is 6.98. The summed E-state index contributed by atoms with van der Waals surface area (Å²) in [6.45, 7) is 2.69. The minimum Gasteiger partial charge on any atom is -0.497 e. The fraction of sp³-hybridized carbons (Fsp3) is 0.261. The maximum absolute atomic E-state index is 12.7. The van der Waals surface area contributed by atoms with Gasteiger partial charge in [-0.1, -0.05) is 30.3 Å². The fourth-order valence-electron chi connectivity index (χ4n) is 3.20. The zero-order valence-corrected chi connectivity index (χ0v) is 16.8. The number of likely N-dealkylation sites (N-methyl/N-ethyl adjacent to an activating group) is 1. The van der Waals surface area contributed by atoms with E-state index in [0.29, 0.717) is 11.4 Å². The Morgan fingerprint density at radius 1 is 1.00 bits per heavy atom. The Morgan fingerprint density at radius 2 is 1.71 bits per heavy atom. The predicted octanol–water partition coefficient (Wildman–Crippen LogP) is 2.90. The fourth-order valence-corrected chi connectivity index (χ4v) is 3.20. The van der Waals surface area contributed by atoms with Gasteiger partial charge in [0, 0.05) is 5.56 Å². The van der Waals surface area contributed by atoms with Crippen LogP contribution in [0.2, 0.25) is 0 Å². The molecular weight excluding hydrogens is 352 g/mol. The Balaban J connectivity index is 1.68. The van der Waals surface area contributed by atoms with Crippen LogP contribution < -0.4 is 19.7 Å². The normalized spacial score (nSPS) is 13.0. The molecule has 0 radical (unpaired) electrons. The maximum Gasteiger partial charge on any atom is 0.282 e. The van der Waals surface area contributed by atoms with Crippen molar-refractivity contribution in [1.82, 2.24) is 0 Å². The van der Waals surface area contributed by atoms with Gasteiger partial charge < -0.3 is 19.7 Å². The molecule has 2 N–H and O–H groups in total. The molecule has 0 saturated carbocycles. The summed E-state index contributed by atoms with van der Waals surface area (Å²) >= 11 is 0. The second kappa shape index (κ2) is 8.76. The number of nitrogens with one attached hydrogen (secondary N) is 2. The number of fused-ring (bicyclic) bond motifs is 1. The molecule has 5 nitrogen and oxygen atoms in total. The third-order valence-corrected chi connectivity index (χ3v) is 5.09. The summed E-state index contributed by atoms with van der Waals surface area (Å²) in [7, 11) is 5.30. The maximum atomic E-state index is 12.7. The number of anilines is 1. The summed E-state index contributed by atoms with van der Waals surface area (Å²) in [5.41, 5.74) is 1.88. The molecule has 1 amide bonds. The summed E-state index contributed by atoms with van der Waals surface area (Å²) in [6, 6.07) is 19.6. The molecule has 0 aliphatic heterocycles. The Labute approximate surface area is 165 Å². The first-order chi connectivity index (χ1) is 13.5. The van der Waals surface area contributed by atoms with Crippen LogP contribution in [-0.4, -0.2) is 33.2 Å². The SMILES string of the molecule is COc1ccc2cc(C[NH+](C)[C@H](C)C(=O)Nc3ccccc3OC)ccc2c1. The zero-order valence-electron chi connectivity index (χ0n) is 16.8. The molecule has 0 aromatic heterocycles. The standard InChI is InChI=1S/C23H26N2O3/c1-16(23(26)24-21-7-5-6-8-22(21)28-4)25(2)15-17-9-10-19-14-20(27-3)12-11-18(19)13-17/h5-14,16H,15H2,1-4H3,(H,24,26)/p+1/t16-/m1/s1. The van der Waals surface area contributed by atoms with E-state index < -0.39 is 0 Å². The Hall–Kier alpha value is -3.05. The number of hydrogen-bond acceptors (Lipinski definition) is 3. The lowest BCUT2D eigenvalue weighted by Gasteiger charge is -2.22. The first kappa shape index (κ1) is 19.7. The van der Waals surface area contributed by atoms with Gasteiger partial charge in [-0.2, -0.15) is 0 Å². The Bertz CT molecular complexity index is 971. The summed E-state index contributed by atoms with van der Waals surface area (Å²) in [4.78, 5) is 13.8. The van der Waals surface area contributed by atoms with Crippen LogP contribution >= 0.6 is 0 Å². The molecule has 0 spiro atoms. The van der Waals surface area contributed by atoms with Gasteiger partial charge in [0.25, 0.3) is 5.91 Å². The molecule has 5 heteroatoms. The highest BCUT2D eigenvalue weighted by Gasteiger charge is 2.23. The summed E-state index contributed by atoms with van der Waals surface area (Å²) in [6.07, 6.45) is 0. The van der Waals surface area contributed by atoms with E-state index in [1.165, 1.54) is 5.56 Å². The van der Waals surface area contributed by atoms with Crippen LogP contribution in [0.1, 0.15) is 12.5 Å². The van der Waals surface area contributed by atoms with E-state index in [0.717, 1.165) is 28.0 Å². The van der Waals surface area contributed by atoms with Crippen molar-refractivity contribution < 1.29 is 19.2 Å². The molecule has 0 bridgehead atoms. The van der Waals surface area contributed by atoms with E-state index in [4.69, 9.17) is 9.47 Å². The lowest BCUT2D eigenvalue weighted by Crippen LogP contribution is -3.12. The number of carbonyl (C=O) groups is 1. The molecule has 0 saturated heterocycles. The molecule has 2 atom stereocenters. The van der Waals surface area contributed by atoms with Crippen molar-refractivity contribution in [3.63, 3.8) is 0 Å². The number of amides is 1. The first-order valence-corrected chi connectivity index (χ1v) is 9.34. The number of carbonyl (C=O) groups excluding carboxylic acids is 1. The predicted molar refractivity (Wildman–Crippen MR) is 112 cm³/mol. The highest BCUT2D eigenvalue weighted by atomic mass is 16.5. The van der Waals surface area contributed by atoms with Gasteiger partial charge in [0.1, 0.15) is 18.0 Å². The van der Waals surface area contributed by atoms with Crippen LogP contribution in [0.15, 0.2) is 60.7 Å². The van der Waals surface area contributed by atoms with E-state index in [-0.39, 0.29) is 11.9 Å². The van der Waals surface area contributed by atoms with Crippen LogP contribution in [0.3, 0.4) is 0 Å². The lowest BCUT2D eigenvalue weighted by molar-refractivity contribution is -0.907. The van der Waals surface area contributed by atoms with Gasteiger partial charge in [0.05, 0.1) is 27.0 Å². The van der Waals surface area contributed by atoms with Crippen LogP contribution in [0.5, 0.6) is 11.5 Å². The van der Waals surface area contributed by atoms with Crippen LogP contribution in [-0.2, 0) is 11.3 Å². The van der Waals surface area contributed by atoms with Crippen molar-refractivity contribution in [2.24, 2.45) is 0 Å². The van der Waals surface area contributed by atoms with Crippen molar-refractivity contribution in [3.8, 4) is 11.5 Å². The summed E-state index contributed by atoms with van der Waals surface area (Å²) in [5.74, 6) is 1.47. The minimum atomic E-state index is -0.212. The number of ether oxygens (including phenoxy) is 2. The molecule has 3 aromatic carbocycles. The van der Waals surface area contributed by atoms with Crippen LogP contribution in [0.4, 0.5) is 5.69 Å². The largest absolute Gasteiger partial charge is 0.497 e. The number of para-hydroxylation sites is 2. The van der Waals surface area contributed by atoms with Gasteiger partial charge in [-0.15, -0.1) is 0 Å². The van der Waals surface area contributed by atoms with Crippen molar-refractivity contribution >= 4 is 22.4 Å².